The number of benzene rings is 1. The Bertz CT molecular complexity index is 644. The maximum Gasteiger partial charge on any atom is 0.306 e. The van der Waals surface area contributed by atoms with E-state index >= 15 is 0 Å². The smallest absolute Gasteiger partial charge is 0.306 e. The zero-order valence-corrected chi connectivity index (χ0v) is 11.3. The van der Waals surface area contributed by atoms with E-state index in [4.69, 9.17) is 4.74 Å². The lowest BCUT2D eigenvalue weighted by Crippen LogP contribution is -2.23. The Morgan fingerprint density at radius 3 is 2.95 bits per heavy atom. The fourth-order valence-electron chi connectivity index (χ4n) is 1.67. The molecule has 0 saturated heterocycles. The van der Waals surface area contributed by atoms with Gasteiger partial charge in [-0.3, -0.25) is 14.8 Å². The monoisotopic (exact) mass is 295 g/mol. The van der Waals surface area contributed by atoms with Gasteiger partial charge in [-0.25, -0.2) is 4.39 Å². The quantitative estimate of drug-likeness (QED) is 0.646. The summed E-state index contributed by atoms with van der Waals surface area (Å²) in [4.78, 5) is 9.93. The first-order chi connectivity index (χ1) is 9.95. The van der Waals surface area contributed by atoms with Crippen LogP contribution in [0.25, 0.3) is 0 Å². The fourth-order valence-corrected chi connectivity index (χ4v) is 1.67. The SMILES string of the molecule is Cc1ccc(OC[C@@H](O)Cn2cc([N+](=O)[O-])cn2)cc1F. The van der Waals surface area contributed by atoms with Crippen molar-refractivity contribution in [3.63, 3.8) is 0 Å². The van der Waals surface area contributed by atoms with Crippen molar-refractivity contribution in [2.24, 2.45) is 0 Å². The Balaban J connectivity index is 1.87. The number of hydrogen-bond donors (Lipinski definition) is 1. The molecule has 0 amide bonds. The zero-order chi connectivity index (χ0) is 15.4. The Hall–Kier alpha value is -2.48. The molecule has 1 N–H and O–H groups in total. The molecule has 2 rings (SSSR count). The number of ether oxygens (including phenoxy) is 1. The van der Waals surface area contributed by atoms with E-state index in [-0.39, 0.29) is 24.7 Å². The van der Waals surface area contributed by atoms with Gasteiger partial charge >= 0.3 is 5.69 Å². The lowest BCUT2D eigenvalue weighted by Gasteiger charge is -2.12. The molecule has 8 heteroatoms. The second-order valence-corrected chi connectivity index (χ2v) is 4.55. The minimum absolute atomic E-state index is 0.0438. The average molecular weight is 295 g/mol. The molecule has 1 atom stereocenters. The number of nitro groups is 1. The van der Waals surface area contributed by atoms with Crippen LogP contribution in [0, 0.1) is 22.9 Å². The highest BCUT2D eigenvalue weighted by molar-refractivity contribution is 5.28. The standard InChI is InChI=1S/C13H14FN3O4/c1-9-2-3-12(4-13(9)14)21-8-11(18)7-16-6-10(5-15-16)17(19)20/h2-6,11,18H,7-8H2,1H3/t11-/m0/s1. The molecule has 0 fully saturated rings. The predicted octanol–water partition coefficient (Wildman–Crippen LogP) is 1.68. The highest BCUT2D eigenvalue weighted by Crippen LogP contribution is 2.16. The maximum absolute atomic E-state index is 13.3. The van der Waals surface area contributed by atoms with E-state index < -0.39 is 11.0 Å². The molecule has 1 heterocycles. The number of rotatable bonds is 6. The van der Waals surface area contributed by atoms with Gasteiger partial charge in [-0.1, -0.05) is 6.07 Å². The second kappa shape index (κ2) is 6.31. The number of aliphatic hydroxyl groups is 1. The first-order valence-corrected chi connectivity index (χ1v) is 6.19. The number of aryl methyl sites for hydroxylation is 1. The molecule has 112 valence electrons. The topological polar surface area (TPSA) is 90.4 Å². The van der Waals surface area contributed by atoms with E-state index in [1.807, 2.05) is 0 Å². The molecule has 1 aromatic carbocycles. The first kappa shape index (κ1) is 14.9. The molecular weight excluding hydrogens is 281 g/mol. The van der Waals surface area contributed by atoms with Crippen LogP contribution in [0.4, 0.5) is 10.1 Å². The molecule has 0 spiro atoms. The van der Waals surface area contributed by atoms with E-state index in [0.717, 1.165) is 6.20 Å². The van der Waals surface area contributed by atoms with Gasteiger partial charge in [-0.15, -0.1) is 0 Å². The molecule has 7 nitrogen and oxygen atoms in total. The zero-order valence-electron chi connectivity index (χ0n) is 11.3. The van der Waals surface area contributed by atoms with Crippen molar-refractivity contribution in [1.29, 1.82) is 0 Å². The third kappa shape index (κ3) is 3.99. The molecule has 0 aliphatic heterocycles. The van der Waals surface area contributed by atoms with Crippen molar-refractivity contribution in [2.75, 3.05) is 6.61 Å². The molecule has 0 unspecified atom stereocenters. The van der Waals surface area contributed by atoms with Gasteiger partial charge in [0.1, 0.15) is 36.7 Å². The summed E-state index contributed by atoms with van der Waals surface area (Å²) in [5.74, 6) is -0.0757. The van der Waals surface area contributed by atoms with Crippen molar-refractivity contribution in [3.05, 3.63) is 52.1 Å². The van der Waals surface area contributed by atoms with E-state index in [9.17, 15) is 19.6 Å². The number of hydrogen-bond acceptors (Lipinski definition) is 5. The van der Waals surface area contributed by atoms with Crippen LogP contribution in [-0.2, 0) is 6.54 Å². The highest BCUT2D eigenvalue weighted by atomic mass is 19.1. The average Bonchev–Trinajstić information content (AvgIpc) is 2.89. The van der Waals surface area contributed by atoms with Gasteiger partial charge in [-0.2, -0.15) is 5.10 Å². The van der Waals surface area contributed by atoms with Crippen molar-refractivity contribution < 1.29 is 19.2 Å². The molecular formula is C13H14FN3O4. The van der Waals surface area contributed by atoms with Crippen LogP contribution >= 0.6 is 0 Å². The molecule has 0 saturated carbocycles. The van der Waals surface area contributed by atoms with Crippen molar-refractivity contribution in [3.8, 4) is 5.75 Å². The summed E-state index contributed by atoms with van der Waals surface area (Å²) in [5, 5.41) is 24.0. The van der Waals surface area contributed by atoms with E-state index in [2.05, 4.69) is 5.10 Å². The second-order valence-electron chi connectivity index (χ2n) is 4.55. The van der Waals surface area contributed by atoms with Crippen LogP contribution in [0.2, 0.25) is 0 Å². The van der Waals surface area contributed by atoms with E-state index in [0.29, 0.717) is 11.3 Å². The van der Waals surface area contributed by atoms with Gasteiger partial charge in [0.15, 0.2) is 0 Å². The third-order valence-corrected chi connectivity index (χ3v) is 2.81. The van der Waals surface area contributed by atoms with Gasteiger partial charge in [0.05, 0.1) is 11.5 Å². The molecule has 1 aromatic heterocycles. The van der Waals surface area contributed by atoms with Crippen LogP contribution in [0.3, 0.4) is 0 Å². The van der Waals surface area contributed by atoms with Gasteiger partial charge in [-0.05, 0) is 18.6 Å². The number of aliphatic hydroxyl groups excluding tert-OH is 1. The molecule has 0 bridgehead atoms. The Morgan fingerprint density at radius 2 is 2.33 bits per heavy atom. The van der Waals surface area contributed by atoms with Gasteiger partial charge in [0.2, 0.25) is 0 Å². The van der Waals surface area contributed by atoms with Gasteiger partial charge in [0, 0.05) is 6.07 Å². The first-order valence-electron chi connectivity index (χ1n) is 6.19. The van der Waals surface area contributed by atoms with E-state index in [1.54, 1.807) is 19.1 Å². The van der Waals surface area contributed by atoms with Crippen molar-refractivity contribution in [1.82, 2.24) is 9.78 Å². The summed E-state index contributed by atoms with van der Waals surface area (Å²) in [6, 6.07) is 4.42. The van der Waals surface area contributed by atoms with Crippen LogP contribution in [0.1, 0.15) is 5.56 Å². The Labute approximate surface area is 119 Å². The lowest BCUT2D eigenvalue weighted by atomic mass is 10.2. The summed E-state index contributed by atoms with van der Waals surface area (Å²) in [5.41, 5.74) is 0.357. The van der Waals surface area contributed by atoms with E-state index in [1.165, 1.54) is 16.9 Å². The predicted molar refractivity (Wildman–Crippen MR) is 71.5 cm³/mol. The van der Waals surface area contributed by atoms with Gasteiger partial charge in [0.25, 0.3) is 0 Å². The molecule has 0 aliphatic carbocycles. The fraction of sp³-hybridized carbons (Fsp3) is 0.308. The van der Waals surface area contributed by atoms with Gasteiger partial charge < -0.3 is 9.84 Å². The Kier molecular flexibility index (Phi) is 4.49. The van der Waals surface area contributed by atoms with Crippen LogP contribution < -0.4 is 4.74 Å². The normalized spacial score (nSPS) is 12.1. The number of aromatic nitrogens is 2. The number of nitrogens with zero attached hydrogens (tertiary/aromatic N) is 3. The number of halogens is 1. The third-order valence-electron chi connectivity index (χ3n) is 2.81. The molecule has 2 aromatic rings. The van der Waals surface area contributed by atoms with Crippen molar-refractivity contribution >= 4 is 5.69 Å². The molecule has 21 heavy (non-hydrogen) atoms. The highest BCUT2D eigenvalue weighted by Gasteiger charge is 2.12. The summed E-state index contributed by atoms with van der Waals surface area (Å²) in [7, 11) is 0. The summed E-state index contributed by atoms with van der Waals surface area (Å²) < 4.78 is 19.8. The van der Waals surface area contributed by atoms with Crippen molar-refractivity contribution in [2.45, 2.75) is 19.6 Å². The summed E-state index contributed by atoms with van der Waals surface area (Å²) in [6.07, 6.45) is 1.39. The Morgan fingerprint density at radius 1 is 1.57 bits per heavy atom. The minimum atomic E-state index is -0.922. The van der Waals surface area contributed by atoms with Crippen LogP contribution in [-0.4, -0.2) is 32.5 Å². The largest absolute Gasteiger partial charge is 0.491 e. The van der Waals surface area contributed by atoms with Crippen LogP contribution in [0.5, 0.6) is 5.75 Å². The molecule has 0 aliphatic rings. The summed E-state index contributed by atoms with van der Waals surface area (Å²) in [6.45, 7) is 1.61. The molecule has 0 radical (unpaired) electrons. The minimum Gasteiger partial charge on any atom is -0.491 e. The lowest BCUT2D eigenvalue weighted by molar-refractivity contribution is -0.385. The summed E-state index contributed by atoms with van der Waals surface area (Å²) >= 11 is 0. The van der Waals surface area contributed by atoms with Crippen LogP contribution in [0.15, 0.2) is 30.6 Å². The maximum atomic E-state index is 13.3.